The number of pyridine rings is 1. The second-order valence-corrected chi connectivity index (χ2v) is 5.84. The van der Waals surface area contributed by atoms with Crippen LogP contribution in [0.3, 0.4) is 0 Å². The van der Waals surface area contributed by atoms with Crippen molar-refractivity contribution in [1.29, 1.82) is 0 Å². The molecule has 1 aromatic rings. The minimum absolute atomic E-state index is 0.0332. The molecule has 2 heterocycles. The molecule has 0 unspecified atom stereocenters. The van der Waals surface area contributed by atoms with E-state index in [2.05, 4.69) is 42.0 Å². The average molecular weight is 284 g/mol. The molecule has 0 spiro atoms. The fraction of sp³-hybridized carbons (Fsp3) is 0.643. The zero-order chi connectivity index (χ0) is 13.9. The van der Waals surface area contributed by atoms with E-state index in [4.69, 9.17) is 16.3 Å². The van der Waals surface area contributed by atoms with Crippen LogP contribution in [0.25, 0.3) is 0 Å². The van der Waals surface area contributed by atoms with Crippen molar-refractivity contribution in [1.82, 2.24) is 10.3 Å². The molecule has 106 valence electrons. The SMILES string of the molecule is CCNCc1cc(N2CCOCC2(C)C)ncc1Cl. The number of anilines is 1. The second kappa shape index (κ2) is 6.07. The monoisotopic (exact) mass is 283 g/mol. The first-order valence-corrected chi connectivity index (χ1v) is 7.13. The van der Waals surface area contributed by atoms with Crippen LogP contribution in [0.1, 0.15) is 26.3 Å². The van der Waals surface area contributed by atoms with Crippen molar-refractivity contribution in [3.63, 3.8) is 0 Å². The molecule has 0 bridgehead atoms. The predicted octanol–water partition coefficient (Wildman–Crippen LogP) is 2.46. The summed E-state index contributed by atoms with van der Waals surface area (Å²) in [7, 11) is 0. The van der Waals surface area contributed by atoms with Gasteiger partial charge in [-0.2, -0.15) is 0 Å². The molecular weight excluding hydrogens is 262 g/mol. The first kappa shape index (κ1) is 14.6. The van der Waals surface area contributed by atoms with Gasteiger partial charge in [0.15, 0.2) is 0 Å². The molecule has 2 rings (SSSR count). The predicted molar refractivity (Wildman–Crippen MR) is 78.9 cm³/mol. The van der Waals surface area contributed by atoms with Gasteiger partial charge in [-0.3, -0.25) is 0 Å². The summed E-state index contributed by atoms with van der Waals surface area (Å²) >= 11 is 6.20. The van der Waals surface area contributed by atoms with Crippen molar-refractivity contribution in [2.24, 2.45) is 0 Å². The van der Waals surface area contributed by atoms with Crippen molar-refractivity contribution < 1.29 is 4.74 Å². The number of nitrogens with zero attached hydrogens (tertiary/aromatic N) is 2. The molecule has 5 heteroatoms. The van der Waals surface area contributed by atoms with Gasteiger partial charge in [-0.25, -0.2) is 4.98 Å². The van der Waals surface area contributed by atoms with Crippen molar-refractivity contribution in [3.05, 3.63) is 22.8 Å². The second-order valence-electron chi connectivity index (χ2n) is 5.43. The third-order valence-corrected chi connectivity index (χ3v) is 3.75. The molecule has 1 saturated heterocycles. The van der Waals surface area contributed by atoms with Gasteiger partial charge in [0.25, 0.3) is 0 Å². The number of aromatic nitrogens is 1. The van der Waals surface area contributed by atoms with Gasteiger partial charge < -0.3 is 15.0 Å². The first-order valence-electron chi connectivity index (χ1n) is 6.75. The Balaban J connectivity index is 2.24. The smallest absolute Gasteiger partial charge is 0.129 e. The lowest BCUT2D eigenvalue weighted by Crippen LogP contribution is -2.53. The van der Waals surface area contributed by atoms with Crippen LogP contribution in [0.15, 0.2) is 12.3 Å². The van der Waals surface area contributed by atoms with Crippen molar-refractivity contribution in [2.75, 3.05) is 31.2 Å². The fourth-order valence-corrected chi connectivity index (χ4v) is 2.46. The van der Waals surface area contributed by atoms with Crippen LogP contribution in [0.5, 0.6) is 0 Å². The fourth-order valence-electron chi connectivity index (χ4n) is 2.29. The van der Waals surface area contributed by atoms with Gasteiger partial charge in [-0.15, -0.1) is 0 Å². The molecule has 0 aromatic carbocycles. The van der Waals surface area contributed by atoms with Gasteiger partial charge in [0, 0.05) is 19.3 Å². The first-order chi connectivity index (χ1) is 9.04. The lowest BCUT2D eigenvalue weighted by atomic mass is 10.0. The number of hydrogen-bond donors (Lipinski definition) is 1. The highest BCUT2D eigenvalue weighted by atomic mass is 35.5. The standard InChI is InChI=1S/C14H22ClN3O/c1-4-16-8-11-7-13(17-9-12(11)15)18-5-6-19-10-14(18,2)3/h7,9,16H,4-6,8,10H2,1-3H3. The Morgan fingerprint density at radius 2 is 2.32 bits per heavy atom. The zero-order valence-corrected chi connectivity index (χ0v) is 12.6. The van der Waals surface area contributed by atoms with Crippen LogP contribution in [-0.2, 0) is 11.3 Å². The van der Waals surface area contributed by atoms with E-state index < -0.39 is 0 Å². The molecule has 0 atom stereocenters. The maximum Gasteiger partial charge on any atom is 0.129 e. The van der Waals surface area contributed by atoms with Gasteiger partial charge in [0.05, 0.1) is 23.8 Å². The van der Waals surface area contributed by atoms with Gasteiger partial charge in [-0.1, -0.05) is 18.5 Å². The highest BCUT2D eigenvalue weighted by molar-refractivity contribution is 6.31. The van der Waals surface area contributed by atoms with E-state index in [0.29, 0.717) is 0 Å². The van der Waals surface area contributed by atoms with E-state index in [1.54, 1.807) is 6.20 Å². The lowest BCUT2D eigenvalue weighted by Gasteiger charge is -2.43. The molecule has 4 nitrogen and oxygen atoms in total. The Labute approximate surface area is 120 Å². The Bertz CT molecular complexity index is 437. The molecule has 0 saturated carbocycles. The van der Waals surface area contributed by atoms with Gasteiger partial charge in [-0.05, 0) is 32.0 Å². The van der Waals surface area contributed by atoms with Gasteiger partial charge >= 0.3 is 0 Å². The summed E-state index contributed by atoms with van der Waals surface area (Å²) in [6.07, 6.45) is 1.75. The van der Waals surface area contributed by atoms with Crippen LogP contribution >= 0.6 is 11.6 Å². The maximum absolute atomic E-state index is 6.20. The summed E-state index contributed by atoms with van der Waals surface area (Å²) in [5.41, 5.74) is 1.06. The number of morpholine rings is 1. The van der Waals surface area contributed by atoms with Crippen LogP contribution in [0.4, 0.5) is 5.82 Å². The molecule has 1 aliphatic rings. The summed E-state index contributed by atoms with van der Waals surface area (Å²) in [5, 5.41) is 4.02. The minimum Gasteiger partial charge on any atom is -0.377 e. The Morgan fingerprint density at radius 1 is 1.53 bits per heavy atom. The molecule has 0 radical (unpaired) electrons. The van der Waals surface area contributed by atoms with Crippen molar-refractivity contribution in [2.45, 2.75) is 32.9 Å². The molecule has 19 heavy (non-hydrogen) atoms. The number of halogens is 1. The summed E-state index contributed by atoms with van der Waals surface area (Å²) < 4.78 is 5.55. The van der Waals surface area contributed by atoms with E-state index in [1.165, 1.54) is 0 Å². The largest absolute Gasteiger partial charge is 0.377 e. The molecule has 1 aliphatic heterocycles. The van der Waals surface area contributed by atoms with Crippen LogP contribution in [0.2, 0.25) is 5.02 Å². The normalized spacial score (nSPS) is 18.6. The third-order valence-electron chi connectivity index (χ3n) is 3.41. The maximum atomic E-state index is 6.20. The van der Waals surface area contributed by atoms with Crippen molar-refractivity contribution >= 4 is 17.4 Å². The summed E-state index contributed by atoms with van der Waals surface area (Å²) in [5.74, 6) is 0.977. The number of nitrogens with one attached hydrogen (secondary N) is 1. The lowest BCUT2D eigenvalue weighted by molar-refractivity contribution is 0.0639. The van der Waals surface area contributed by atoms with Gasteiger partial charge in [0.2, 0.25) is 0 Å². The van der Waals surface area contributed by atoms with E-state index in [1.807, 2.05) is 0 Å². The number of hydrogen-bond acceptors (Lipinski definition) is 4. The van der Waals surface area contributed by atoms with Crippen molar-refractivity contribution in [3.8, 4) is 0 Å². The quantitative estimate of drug-likeness (QED) is 0.921. The molecule has 0 amide bonds. The molecule has 1 aromatic heterocycles. The third kappa shape index (κ3) is 3.38. The van der Waals surface area contributed by atoms with Crippen LogP contribution < -0.4 is 10.2 Å². The highest BCUT2D eigenvalue weighted by Crippen LogP contribution is 2.28. The van der Waals surface area contributed by atoms with E-state index in [0.717, 1.165) is 49.3 Å². The molecular formula is C14H22ClN3O. The number of rotatable bonds is 4. The van der Waals surface area contributed by atoms with Gasteiger partial charge in [0.1, 0.15) is 5.82 Å². The van der Waals surface area contributed by atoms with Crippen LogP contribution in [0, 0.1) is 0 Å². The summed E-state index contributed by atoms with van der Waals surface area (Å²) in [4.78, 5) is 6.77. The molecule has 1 N–H and O–H groups in total. The minimum atomic E-state index is -0.0332. The Kier molecular flexibility index (Phi) is 4.66. The zero-order valence-electron chi connectivity index (χ0n) is 11.9. The Morgan fingerprint density at radius 3 is 3.00 bits per heavy atom. The average Bonchev–Trinajstić information content (AvgIpc) is 2.38. The summed E-state index contributed by atoms with van der Waals surface area (Å²) in [6.45, 7) is 10.5. The van der Waals surface area contributed by atoms with E-state index in [-0.39, 0.29) is 5.54 Å². The number of ether oxygens (including phenoxy) is 1. The van der Waals surface area contributed by atoms with Crippen LogP contribution in [-0.4, -0.2) is 36.8 Å². The summed E-state index contributed by atoms with van der Waals surface area (Å²) in [6, 6.07) is 2.08. The Hall–Kier alpha value is -0.840. The van der Waals surface area contributed by atoms with E-state index >= 15 is 0 Å². The topological polar surface area (TPSA) is 37.4 Å². The molecule has 0 aliphatic carbocycles. The molecule has 1 fully saturated rings. The highest BCUT2D eigenvalue weighted by Gasteiger charge is 2.31. The van der Waals surface area contributed by atoms with E-state index in [9.17, 15) is 0 Å².